The molecule has 0 saturated heterocycles. The molecule has 0 amide bonds. The predicted octanol–water partition coefficient (Wildman–Crippen LogP) is 6.68. The molecule has 0 spiro atoms. The van der Waals surface area contributed by atoms with Crippen molar-refractivity contribution >= 4 is 55.2 Å². The number of hydrogen-bond acceptors (Lipinski definition) is 7. The van der Waals surface area contributed by atoms with Crippen LogP contribution >= 0.6 is 43.2 Å². The second-order valence-corrected chi connectivity index (χ2v) is 12.3. The van der Waals surface area contributed by atoms with Crippen molar-refractivity contribution in [3.05, 3.63) is 105 Å². The van der Waals surface area contributed by atoms with Crippen LogP contribution in [-0.2, 0) is 9.53 Å². The average molecular weight is 700 g/mol. The van der Waals surface area contributed by atoms with E-state index in [-0.39, 0.29) is 12.2 Å². The van der Waals surface area contributed by atoms with Crippen LogP contribution in [0.5, 0.6) is 5.75 Å². The van der Waals surface area contributed by atoms with E-state index < -0.39 is 12.0 Å². The molecular formula is C31H28Br2N2O5S. The molecule has 1 atom stereocenters. The van der Waals surface area contributed by atoms with E-state index in [2.05, 4.69) is 31.9 Å². The summed E-state index contributed by atoms with van der Waals surface area (Å²) in [5.74, 6) is 1.27. The van der Waals surface area contributed by atoms with Gasteiger partial charge in [-0.1, -0.05) is 62.6 Å². The van der Waals surface area contributed by atoms with Crippen LogP contribution < -0.4 is 19.6 Å². The molecule has 0 fully saturated rings. The molecule has 2 aromatic heterocycles. The van der Waals surface area contributed by atoms with Crippen LogP contribution in [-0.4, -0.2) is 24.3 Å². The summed E-state index contributed by atoms with van der Waals surface area (Å²) in [5.41, 5.74) is 3.37. The summed E-state index contributed by atoms with van der Waals surface area (Å²) in [6, 6.07) is 14.5. The molecule has 41 heavy (non-hydrogen) atoms. The van der Waals surface area contributed by atoms with Crippen molar-refractivity contribution in [3.63, 3.8) is 0 Å². The monoisotopic (exact) mass is 698 g/mol. The summed E-state index contributed by atoms with van der Waals surface area (Å²) in [6.07, 6.45) is 3.04. The number of aryl methyl sites for hydroxylation is 1. The van der Waals surface area contributed by atoms with Gasteiger partial charge in [-0.15, -0.1) is 0 Å². The predicted molar refractivity (Wildman–Crippen MR) is 167 cm³/mol. The summed E-state index contributed by atoms with van der Waals surface area (Å²) in [6.45, 7) is 6.01. The molecule has 0 aliphatic carbocycles. The van der Waals surface area contributed by atoms with Gasteiger partial charge in [0.05, 0.1) is 29.5 Å². The molecule has 4 aromatic rings. The smallest absolute Gasteiger partial charge is 0.338 e. The SMILES string of the molecule is CCCC1=C(C(=O)OCC)[C@H](c2cc(Br)ccc2OC)n2c(s/c(=C/c3ccc(-c4ccc(C)cc4Br)o3)c2=O)=N1. The molecule has 0 saturated carbocycles. The first kappa shape index (κ1) is 29.3. The van der Waals surface area contributed by atoms with Crippen LogP contribution in [0.3, 0.4) is 0 Å². The van der Waals surface area contributed by atoms with E-state index in [0.717, 1.165) is 26.5 Å². The van der Waals surface area contributed by atoms with Crippen LogP contribution in [0.1, 0.15) is 49.6 Å². The van der Waals surface area contributed by atoms with Crippen LogP contribution in [0.4, 0.5) is 0 Å². The number of carbonyl (C=O) groups excluding carboxylic acids is 1. The second kappa shape index (κ2) is 12.3. The minimum Gasteiger partial charge on any atom is -0.496 e. The number of rotatable bonds is 8. The first-order valence-electron chi connectivity index (χ1n) is 13.2. The van der Waals surface area contributed by atoms with Gasteiger partial charge in [0.1, 0.15) is 23.3 Å². The molecule has 10 heteroatoms. The third-order valence-electron chi connectivity index (χ3n) is 6.67. The Hall–Kier alpha value is -3.21. The quantitative estimate of drug-likeness (QED) is 0.192. The third kappa shape index (κ3) is 5.78. The molecule has 212 valence electrons. The van der Waals surface area contributed by atoms with Gasteiger partial charge in [-0.05, 0) is 68.3 Å². The number of hydrogen-bond donors (Lipinski definition) is 0. The second-order valence-electron chi connectivity index (χ2n) is 9.49. The lowest BCUT2D eigenvalue weighted by Crippen LogP contribution is -2.40. The Kier molecular flexibility index (Phi) is 8.82. The highest BCUT2D eigenvalue weighted by atomic mass is 79.9. The highest BCUT2D eigenvalue weighted by Crippen LogP contribution is 2.38. The molecule has 0 radical (unpaired) electrons. The third-order valence-corrected chi connectivity index (χ3v) is 8.80. The summed E-state index contributed by atoms with van der Waals surface area (Å²) in [5, 5.41) is 0. The lowest BCUT2D eigenvalue weighted by molar-refractivity contribution is -0.139. The number of furan rings is 1. The van der Waals surface area contributed by atoms with Crippen LogP contribution in [0.2, 0.25) is 0 Å². The molecular weight excluding hydrogens is 672 g/mol. The Balaban J connectivity index is 1.71. The van der Waals surface area contributed by atoms with Gasteiger partial charge in [0.25, 0.3) is 5.56 Å². The van der Waals surface area contributed by atoms with Crippen molar-refractivity contribution < 1.29 is 18.7 Å². The van der Waals surface area contributed by atoms with Gasteiger partial charge in [0.2, 0.25) is 0 Å². The highest BCUT2D eigenvalue weighted by molar-refractivity contribution is 9.10. The molecule has 3 heterocycles. The summed E-state index contributed by atoms with van der Waals surface area (Å²) < 4.78 is 21.0. The minimum atomic E-state index is -0.780. The van der Waals surface area contributed by atoms with Crippen molar-refractivity contribution in [2.45, 2.75) is 39.7 Å². The number of esters is 1. The van der Waals surface area contributed by atoms with Gasteiger partial charge in [-0.3, -0.25) is 9.36 Å². The number of ether oxygens (including phenoxy) is 2. The van der Waals surface area contributed by atoms with E-state index >= 15 is 0 Å². The number of thiazole rings is 1. The van der Waals surface area contributed by atoms with Crippen molar-refractivity contribution in [1.29, 1.82) is 0 Å². The van der Waals surface area contributed by atoms with E-state index in [1.165, 1.54) is 11.3 Å². The first-order chi connectivity index (χ1) is 19.7. The minimum absolute atomic E-state index is 0.201. The number of methoxy groups -OCH3 is 1. The highest BCUT2D eigenvalue weighted by Gasteiger charge is 2.36. The van der Waals surface area contributed by atoms with Gasteiger partial charge in [-0.25, -0.2) is 9.79 Å². The summed E-state index contributed by atoms with van der Waals surface area (Å²) in [4.78, 5) is 32.8. The van der Waals surface area contributed by atoms with Crippen molar-refractivity contribution in [3.8, 4) is 17.1 Å². The van der Waals surface area contributed by atoms with E-state index in [1.54, 1.807) is 24.7 Å². The number of aromatic nitrogens is 1. The number of carbonyl (C=O) groups is 1. The maximum absolute atomic E-state index is 14.1. The van der Waals surface area contributed by atoms with E-state index in [4.69, 9.17) is 18.9 Å². The van der Waals surface area contributed by atoms with Gasteiger partial charge in [0, 0.05) is 26.1 Å². The fraction of sp³-hybridized carbons (Fsp3) is 0.258. The molecule has 0 unspecified atom stereocenters. The zero-order valence-electron chi connectivity index (χ0n) is 23.0. The van der Waals surface area contributed by atoms with Crippen molar-refractivity contribution in [2.24, 2.45) is 4.99 Å². The number of halogens is 2. The van der Waals surface area contributed by atoms with Crippen LogP contribution in [0.15, 0.2) is 83.0 Å². The maximum Gasteiger partial charge on any atom is 0.338 e. The molecule has 1 aliphatic rings. The maximum atomic E-state index is 14.1. The summed E-state index contributed by atoms with van der Waals surface area (Å²) >= 11 is 8.42. The van der Waals surface area contributed by atoms with Gasteiger partial charge < -0.3 is 13.9 Å². The van der Waals surface area contributed by atoms with E-state index in [1.807, 2.05) is 62.4 Å². The zero-order chi connectivity index (χ0) is 29.3. The van der Waals surface area contributed by atoms with Gasteiger partial charge in [0.15, 0.2) is 4.80 Å². The lowest BCUT2D eigenvalue weighted by atomic mass is 9.93. The number of allylic oxidation sites excluding steroid dienone is 1. The molecule has 5 rings (SSSR count). The Morgan fingerprint density at radius 2 is 1.95 bits per heavy atom. The van der Waals surface area contributed by atoms with Crippen molar-refractivity contribution in [1.82, 2.24) is 4.57 Å². The molecule has 0 N–H and O–H groups in total. The number of benzene rings is 2. The first-order valence-corrected chi connectivity index (χ1v) is 15.6. The van der Waals surface area contributed by atoms with Gasteiger partial charge >= 0.3 is 5.97 Å². The largest absolute Gasteiger partial charge is 0.496 e. The van der Waals surface area contributed by atoms with E-state index in [9.17, 15) is 9.59 Å². The molecule has 2 aromatic carbocycles. The Bertz CT molecular complexity index is 1850. The van der Waals surface area contributed by atoms with Crippen LogP contribution in [0.25, 0.3) is 17.4 Å². The molecule has 7 nitrogen and oxygen atoms in total. The van der Waals surface area contributed by atoms with Crippen molar-refractivity contribution in [2.75, 3.05) is 13.7 Å². The Morgan fingerprint density at radius 1 is 1.15 bits per heavy atom. The fourth-order valence-electron chi connectivity index (χ4n) is 4.86. The standard InChI is InChI=1S/C31H28Br2N2O5S/c1-5-7-23-27(30(37)39-6-2)28(21-15-18(32)9-12-24(21)38-4)35-29(36)26(41-31(35)34-23)16-19-10-13-25(40-19)20-11-8-17(3)14-22(20)33/h8-16,28H,5-7H2,1-4H3/b26-16+/t28-/m0/s1. The Morgan fingerprint density at radius 3 is 2.66 bits per heavy atom. The molecule has 1 aliphatic heterocycles. The summed E-state index contributed by atoms with van der Waals surface area (Å²) in [7, 11) is 1.57. The number of fused-ring (bicyclic) bond motifs is 1. The van der Waals surface area contributed by atoms with Crippen LogP contribution in [0, 0.1) is 6.92 Å². The normalized spacial score (nSPS) is 15.1. The fourth-order valence-corrected chi connectivity index (χ4v) is 6.93. The Labute approximate surface area is 258 Å². The zero-order valence-corrected chi connectivity index (χ0v) is 27.0. The van der Waals surface area contributed by atoms with E-state index in [0.29, 0.717) is 49.9 Å². The lowest BCUT2D eigenvalue weighted by Gasteiger charge is -2.27. The molecule has 0 bridgehead atoms. The average Bonchev–Trinajstić information content (AvgIpc) is 3.52. The number of nitrogens with zero attached hydrogens (tertiary/aromatic N) is 2. The topological polar surface area (TPSA) is 83.0 Å². The van der Waals surface area contributed by atoms with Gasteiger partial charge in [-0.2, -0.15) is 0 Å².